The van der Waals surface area contributed by atoms with Gasteiger partial charge in [0.1, 0.15) is 0 Å². The lowest BCUT2D eigenvalue weighted by Crippen LogP contribution is -2.12. The molecule has 0 aliphatic carbocycles. The first-order chi connectivity index (χ1) is 9.47. The third-order valence-corrected chi connectivity index (χ3v) is 3.64. The Morgan fingerprint density at radius 1 is 1.15 bits per heavy atom. The highest BCUT2D eigenvalue weighted by atomic mass is 35.5. The van der Waals surface area contributed by atoms with E-state index in [9.17, 15) is 4.79 Å². The quantitative estimate of drug-likeness (QED) is 0.767. The summed E-state index contributed by atoms with van der Waals surface area (Å²) in [4.78, 5) is 12.9. The van der Waals surface area contributed by atoms with Gasteiger partial charge in [-0.2, -0.15) is 0 Å². The normalized spacial score (nSPS) is 10.7. The fourth-order valence-corrected chi connectivity index (χ4v) is 2.24. The minimum Gasteiger partial charge on any atom is -0.322 e. The summed E-state index contributed by atoms with van der Waals surface area (Å²) in [7, 11) is 0. The van der Waals surface area contributed by atoms with E-state index in [1.165, 1.54) is 5.56 Å². The van der Waals surface area contributed by atoms with Gasteiger partial charge in [0.15, 0.2) is 0 Å². The standard InChI is InChI=1S/C16H16ClNOS/c1-10(2)11-3-5-12(6-4-11)18-16(19)14-9-13(20)7-8-15(14)17/h3-10,20H,1-2H3,(H,18,19). The molecule has 0 fully saturated rings. The van der Waals surface area contributed by atoms with E-state index in [0.29, 0.717) is 21.4 Å². The van der Waals surface area contributed by atoms with Gasteiger partial charge in [-0.1, -0.05) is 37.6 Å². The molecule has 0 unspecified atom stereocenters. The van der Waals surface area contributed by atoms with Crippen LogP contribution in [0.1, 0.15) is 35.7 Å². The van der Waals surface area contributed by atoms with Crippen molar-refractivity contribution < 1.29 is 4.79 Å². The van der Waals surface area contributed by atoms with E-state index in [2.05, 4.69) is 31.8 Å². The molecule has 1 amide bonds. The molecule has 0 aliphatic heterocycles. The molecule has 20 heavy (non-hydrogen) atoms. The van der Waals surface area contributed by atoms with Crippen molar-refractivity contribution in [3.63, 3.8) is 0 Å². The number of carbonyl (C=O) groups is 1. The predicted octanol–water partition coefficient (Wildman–Crippen LogP) is 5.00. The summed E-state index contributed by atoms with van der Waals surface area (Å²) in [5, 5.41) is 3.25. The molecule has 0 saturated carbocycles. The number of hydrogen-bond donors (Lipinski definition) is 2. The average Bonchev–Trinajstić information content (AvgIpc) is 2.42. The molecule has 4 heteroatoms. The summed E-state index contributed by atoms with van der Waals surface area (Å²) in [5.41, 5.74) is 2.41. The first kappa shape index (κ1) is 14.9. The fraction of sp³-hybridized carbons (Fsp3) is 0.188. The summed E-state index contributed by atoms with van der Waals surface area (Å²) in [6.07, 6.45) is 0. The molecule has 0 saturated heterocycles. The Bertz CT molecular complexity index is 623. The SMILES string of the molecule is CC(C)c1ccc(NC(=O)c2cc(S)ccc2Cl)cc1. The first-order valence-corrected chi connectivity index (χ1v) is 7.19. The fourth-order valence-electron chi connectivity index (χ4n) is 1.84. The smallest absolute Gasteiger partial charge is 0.257 e. The molecule has 0 aromatic heterocycles. The van der Waals surface area contributed by atoms with Crippen LogP contribution >= 0.6 is 24.2 Å². The molecule has 0 aliphatic rings. The van der Waals surface area contributed by atoms with Crippen molar-refractivity contribution in [1.82, 2.24) is 0 Å². The summed E-state index contributed by atoms with van der Waals surface area (Å²) in [6.45, 7) is 4.26. The van der Waals surface area contributed by atoms with Crippen molar-refractivity contribution in [1.29, 1.82) is 0 Å². The maximum Gasteiger partial charge on any atom is 0.257 e. The van der Waals surface area contributed by atoms with Crippen LogP contribution < -0.4 is 5.32 Å². The Morgan fingerprint density at radius 3 is 2.40 bits per heavy atom. The van der Waals surface area contributed by atoms with Crippen LogP contribution in [0.5, 0.6) is 0 Å². The predicted molar refractivity (Wildman–Crippen MR) is 87.2 cm³/mol. The van der Waals surface area contributed by atoms with E-state index in [-0.39, 0.29) is 5.91 Å². The van der Waals surface area contributed by atoms with Crippen molar-refractivity contribution in [2.24, 2.45) is 0 Å². The molecule has 2 aromatic rings. The van der Waals surface area contributed by atoms with E-state index in [1.54, 1.807) is 18.2 Å². The highest BCUT2D eigenvalue weighted by molar-refractivity contribution is 7.80. The van der Waals surface area contributed by atoms with Gasteiger partial charge in [-0.15, -0.1) is 12.6 Å². The van der Waals surface area contributed by atoms with Crippen molar-refractivity contribution in [3.8, 4) is 0 Å². The van der Waals surface area contributed by atoms with Crippen LogP contribution in [0.2, 0.25) is 5.02 Å². The number of hydrogen-bond acceptors (Lipinski definition) is 2. The van der Waals surface area contributed by atoms with Gasteiger partial charge in [-0.3, -0.25) is 4.79 Å². The molecule has 104 valence electrons. The minimum atomic E-state index is -0.233. The zero-order chi connectivity index (χ0) is 14.7. The van der Waals surface area contributed by atoms with Gasteiger partial charge in [-0.25, -0.2) is 0 Å². The number of halogens is 1. The number of amides is 1. The monoisotopic (exact) mass is 305 g/mol. The third-order valence-electron chi connectivity index (χ3n) is 3.03. The molecule has 0 radical (unpaired) electrons. The average molecular weight is 306 g/mol. The number of thiol groups is 1. The maximum atomic E-state index is 12.2. The van der Waals surface area contributed by atoms with Crippen LogP contribution in [0.4, 0.5) is 5.69 Å². The molecule has 0 bridgehead atoms. The maximum absolute atomic E-state index is 12.2. The van der Waals surface area contributed by atoms with Crippen molar-refractivity contribution in [2.45, 2.75) is 24.7 Å². The number of benzene rings is 2. The number of nitrogens with one attached hydrogen (secondary N) is 1. The largest absolute Gasteiger partial charge is 0.322 e. The summed E-state index contributed by atoms with van der Waals surface area (Å²) < 4.78 is 0. The second-order valence-corrected chi connectivity index (χ2v) is 5.82. The van der Waals surface area contributed by atoms with Gasteiger partial charge in [0.05, 0.1) is 10.6 Å². The molecule has 0 spiro atoms. The summed E-state index contributed by atoms with van der Waals surface area (Å²) in [6, 6.07) is 12.9. The topological polar surface area (TPSA) is 29.1 Å². The van der Waals surface area contributed by atoms with Crippen LogP contribution in [0.15, 0.2) is 47.4 Å². The van der Waals surface area contributed by atoms with Crippen LogP contribution in [0.25, 0.3) is 0 Å². The number of carbonyl (C=O) groups excluding carboxylic acids is 1. The molecular weight excluding hydrogens is 290 g/mol. The molecule has 2 aromatic carbocycles. The van der Waals surface area contributed by atoms with E-state index < -0.39 is 0 Å². The highest BCUT2D eigenvalue weighted by Crippen LogP contribution is 2.22. The number of rotatable bonds is 3. The molecule has 1 N–H and O–H groups in total. The zero-order valence-corrected chi connectivity index (χ0v) is 13.0. The molecule has 2 nitrogen and oxygen atoms in total. The lowest BCUT2D eigenvalue weighted by atomic mass is 10.0. The highest BCUT2D eigenvalue weighted by Gasteiger charge is 2.11. The number of anilines is 1. The summed E-state index contributed by atoms with van der Waals surface area (Å²) >= 11 is 10.2. The first-order valence-electron chi connectivity index (χ1n) is 6.37. The van der Waals surface area contributed by atoms with Gasteiger partial charge in [0.2, 0.25) is 0 Å². The third kappa shape index (κ3) is 3.56. The Hall–Kier alpha value is -1.45. The molecule has 0 heterocycles. The Balaban J connectivity index is 2.17. The minimum absolute atomic E-state index is 0.233. The van der Waals surface area contributed by atoms with Crippen molar-refractivity contribution >= 4 is 35.8 Å². The van der Waals surface area contributed by atoms with Gasteiger partial charge >= 0.3 is 0 Å². The lowest BCUT2D eigenvalue weighted by Gasteiger charge is -2.09. The van der Waals surface area contributed by atoms with Crippen molar-refractivity contribution in [3.05, 3.63) is 58.6 Å². The van der Waals surface area contributed by atoms with Crippen molar-refractivity contribution in [2.75, 3.05) is 5.32 Å². The zero-order valence-electron chi connectivity index (χ0n) is 11.4. The van der Waals surface area contributed by atoms with Crippen LogP contribution in [-0.4, -0.2) is 5.91 Å². The Morgan fingerprint density at radius 2 is 1.80 bits per heavy atom. The van der Waals surface area contributed by atoms with E-state index in [1.807, 2.05) is 24.3 Å². The second kappa shape index (κ2) is 6.33. The lowest BCUT2D eigenvalue weighted by molar-refractivity contribution is 0.102. The van der Waals surface area contributed by atoms with E-state index in [0.717, 1.165) is 5.69 Å². The second-order valence-electron chi connectivity index (χ2n) is 4.89. The van der Waals surface area contributed by atoms with Gasteiger partial charge < -0.3 is 5.32 Å². The van der Waals surface area contributed by atoms with Gasteiger partial charge in [-0.05, 0) is 41.8 Å². The summed E-state index contributed by atoms with van der Waals surface area (Å²) in [5.74, 6) is 0.234. The molecule has 0 atom stereocenters. The van der Waals surface area contributed by atoms with Crippen LogP contribution in [0.3, 0.4) is 0 Å². The van der Waals surface area contributed by atoms with Crippen LogP contribution in [0, 0.1) is 0 Å². The van der Waals surface area contributed by atoms with Gasteiger partial charge in [0, 0.05) is 10.6 Å². The van der Waals surface area contributed by atoms with E-state index >= 15 is 0 Å². The van der Waals surface area contributed by atoms with Crippen LogP contribution in [-0.2, 0) is 0 Å². The van der Waals surface area contributed by atoms with Gasteiger partial charge in [0.25, 0.3) is 5.91 Å². The Labute approximate surface area is 129 Å². The Kier molecular flexibility index (Phi) is 4.73. The van der Waals surface area contributed by atoms with E-state index in [4.69, 9.17) is 11.6 Å². The molecular formula is C16H16ClNOS. The molecule has 2 rings (SSSR count).